The SMILES string of the molecule is Cl.c1ccc(COc2ccc(OCCCCCCCN3CCOCC3)cc2)cc1. The molecule has 1 aliphatic heterocycles. The molecule has 0 amide bonds. The van der Waals surface area contributed by atoms with Gasteiger partial charge in [-0.3, -0.25) is 4.90 Å². The van der Waals surface area contributed by atoms with Gasteiger partial charge in [0.2, 0.25) is 0 Å². The van der Waals surface area contributed by atoms with Gasteiger partial charge in [0, 0.05) is 13.1 Å². The van der Waals surface area contributed by atoms with E-state index in [0.717, 1.165) is 50.8 Å². The zero-order valence-corrected chi connectivity index (χ0v) is 18.1. The Morgan fingerprint density at radius 1 is 0.724 bits per heavy atom. The summed E-state index contributed by atoms with van der Waals surface area (Å²) in [5, 5.41) is 0. The number of halogens is 1. The quantitative estimate of drug-likeness (QED) is 0.434. The zero-order chi connectivity index (χ0) is 19.3. The van der Waals surface area contributed by atoms with E-state index in [1.54, 1.807) is 0 Å². The molecule has 4 nitrogen and oxygen atoms in total. The normalized spacial score (nSPS) is 14.2. The van der Waals surface area contributed by atoms with E-state index in [9.17, 15) is 0 Å². The van der Waals surface area contributed by atoms with E-state index in [1.807, 2.05) is 42.5 Å². The zero-order valence-electron chi connectivity index (χ0n) is 17.3. The minimum atomic E-state index is 0. The average Bonchev–Trinajstić information content (AvgIpc) is 2.76. The monoisotopic (exact) mass is 419 g/mol. The lowest BCUT2D eigenvalue weighted by Crippen LogP contribution is -2.36. The largest absolute Gasteiger partial charge is 0.494 e. The van der Waals surface area contributed by atoms with E-state index in [0.29, 0.717) is 6.61 Å². The Balaban J connectivity index is 0.00000300. The minimum absolute atomic E-state index is 0. The van der Waals surface area contributed by atoms with Crippen molar-refractivity contribution in [1.82, 2.24) is 4.90 Å². The van der Waals surface area contributed by atoms with Gasteiger partial charge in [0.1, 0.15) is 18.1 Å². The third-order valence-corrected chi connectivity index (χ3v) is 5.06. The van der Waals surface area contributed by atoms with Gasteiger partial charge in [-0.15, -0.1) is 12.4 Å². The van der Waals surface area contributed by atoms with E-state index in [1.165, 1.54) is 37.8 Å². The average molecular weight is 420 g/mol. The van der Waals surface area contributed by atoms with Crippen LogP contribution in [0.15, 0.2) is 54.6 Å². The Kier molecular flexibility index (Phi) is 11.6. The number of hydrogen-bond donors (Lipinski definition) is 0. The molecule has 0 radical (unpaired) electrons. The van der Waals surface area contributed by atoms with Crippen LogP contribution in [-0.2, 0) is 11.3 Å². The van der Waals surface area contributed by atoms with Gasteiger partial charge >= 0.3 is 0 Å². The molecule has 2 aromatic carbocycles. The highest BCUT2D eigenvalue weighted by Crippen LogP contribution is 2.19. The summed E-state index contributed by atoms with van der Waals surface area (Å²) in [5.41, 5.74) is 1.17. The molecule has 1 aliphatic rings. The molecule has 1 heterocycles. The van der Waals surface area contributed by atoms with E-state index in [2.05, 4.69) is 17.0 Å². The van der Waals surface area contributed by atoms with Crippen molar-refractivity contribution in [3.05, 3.63) is 60.2 Å². The first kappa shape index (κ1) is 23.5. The van der Waals surface area contributed by atoms with Crippen LogP contribution in [-0.4, -0.2) is 44.4 Å². The highest BCUT2D eigenvalue weighted by molar-refractivity contribution is 5.85. The van der Waals surface area contributed by atoms with E-state index in [-0.39, 0.29) is 12.4 Å². The van der Waals surface area contributed by atoms with E-state index >= 15 is 0 Å². The summed E-state index contributed by atoms with van der Waals surface area (Å²) in [6.45, 7) is 6.60. The Morgan fingerprint density at radius 3 is 2.07 bits per heavy atom. The molecule has 160 valence electrons. The van der Waals surface area contributed by atoms with Crippen LogP contribution in [0.2, 0.25) is 0 Å². The first-order valence-electron chi connectivity index (χ1n) is 10.6. The molecule has 0 N–H and O–H groups in total. The molecule has 0 spiro atoms. The van der Waals surface area contributed by atoms with Crippen LogP contribution >= 0.6 is 12.4 Å². The lowest BCUT2D eigenvalue weighted by atomic mass is 10.1. The van der Waals surface area contributed by atoms with Gasteiger partial charge in [-0.2, -0.15) is 0 Å². The van der Waals surface area contributed by atoms with Crippen molar-refractivity contribution in [2.45, 2.75) is 38.7 Å². The van der Waals surface area contributed by atoms with Gasteiger partial charge in [-0.05, 0) is 49.2 Å². The maximum absolute atomic E-state index is 5.85. The highest BCUT2D eigenvalue weighted by Gasteiger charge is 2.08. The molecule has 29 heavy (non-hydrogen) atoms. The van der Waals surface area contributed by atoms with Crippen molar-refractivity contribution >= 4 is 12.4 Å². The highest BCUT2D eigenvalue weighted by atomic mass is 35.5. The van der Waals surface area contributed by atoms with E-state index < -0.39 is 0 Å². The molecule has 3 rings (SSSR count). The van der Waals surface area contributed by atoms with Crippen molar-refractivity contribution in [3.63, 3.8) is 0 Å². The van der Waals surface area contributed by atoms with Gasteiger partial charge in [0.15, 0.2) is 0 Å². The first-order chi connectivity index (χ1) is 13.9. The van der Waals surface area contributed by atoms with Crippen LogP contribution in [0.4, 0.5) is 0 Å². The molecule has 0 aliphatic carbocycles. The molecule has 1 fully saturated rings. The smallest absolute Gasteiger partial charge is 0.120 e. The van der Waals surface area contributed by atoms with Crippen LogP contribution in [0.5, 0.6) is 11.5 Å². The molecule has 0 bridgehead atoms. The molecule has 1 saturated heterocycles. The standard InChI is InChI=1S/C24H33NO3.ClH/c1(2-7-15-25-16-19-26-20-17-25)3-8-18-27-23-11-13-24(14-12-23)28-21-22-9-5-4-6-10-22;/h4-6,9-14H,1-3,7-8,15-21H2;1H. The topological polar surface area (TPSA) is 30.9 Å². The lowest BCUT2D eigenvalue weighted by Gasteiger charge is -2.26. The number of hydrogen-bond acceptors (Lipinski definition) is 4. The third kappa shape index (κ3) is 9.53. The van der Waals surface area contributed by atoms with Gasteiger partial charge in [0.05, 0.1) is 19.8 Å². The maximum Gasteiger partial charge on any atom is 0.120 e. The minimum Gasteiger partial charge on any atom is -0.494 e. The third-order valence-electron chi connectivity index (χ3n) is 5.06. The van der Waals surface area contributed by atoms with Crippen LogP contribution in [0.3, 0.4) is 0 Å². The predicted molar refractivity (Wildman–Crippen MR) is 120 cm³/mol. The number of rotatable bonds is 12. The summed E-state index contributed by atoms with van der Waals surface area (Å²) in [4.78, 5) is 2.51. The molecule has 5 heteroatoms. The van der Waals surface area contributed by atoms with Gasteiger partial charge in [0.25, 0.3) is 0 Å². The molecular weight excluding hydrogens is 386 g/mol. The van der Waals surface area contributed by atoms with Gasteiger partial charge in [-0.25, -0.2) is 0 Å². The number of benzene rings is 2. The molecule has 2 aromatic rings. The molecule has 0 aromatic heterocycles. The summed E-state index contributed by atoms with van der Waals surface area (Å²) in [6, 6.07) is 18.1. The van der Waals surface area contributed by atoms with Crippen LogP contribution < -0.4 is 9.47 Å². The summed E-state index contributed by atoms with van der Waals surface area (Å²) < 4.78 is 17.0. The molecular formula is C24H34ClNO3. The second-order valence-corrected chi connectivity index (χ2v) is 7.32. The van der Waals surface area contributed by atoms with Crippen molar-refractivity contribution in [3.8, 4) is 11.5 Å². The second-order valence-electron chi connectivity index (χ2n) is 7.32. The predicted octanol–water partition coefficient (Wildman–Crippen LogP) is 5.35. The number of ether oxygens (including phenoxy) is 3. The van der Waals surface area contributed by atoms with Crippen molar-refractivity contribution < 1.29 is 14.2 Å². The summed E-state index contributed by atoms with van der Waals surface area (Å²) in [7, 11) is 0. The van der Waals surface area contributed by atoms with Gasteiger partial charge < -0.3 is 14.2 Å². The number of nitrogens with zero attached hydrogens (tertiary/aromatic N) is 1. The fraction of sp³-hybridized carbons (Fsp3) is 0.500. The van der Waals surface area contributed by atoms with Crippen LogP contribution in [0, 0.1) is 0 Å². The second kappa shape index (κ2) is 14.3. The van der Waals surface area contributed by atoms with Crippen molar-refractivity contribution in [2.24, 2.45) is 0 Å². The fourth-order valence-corrected chi connectivity index (χ4v) is 3.36. The Labute approximate surface area is 181 Å². The Bertz CT molecular complexity index is 645. The van der Waals surface area contributed by atoms with Crippen LogP contribution in [0.25, 0.3) is 0 Å². The Hall–Kier alpha value is -1.75. The van der Waals surface area contributed by atoms with E-state index in [4.69, 9.17) is 14.2 Å². The first-order valence-corrected chi connectivity index (χ1v) is 10.6. The van der Waals surface area contributed by atoms with Crippen LogP contribution in [0.1, 0.15) is 37.7 Å². The maximum atomic E-state index is 5.85. The summed E-state index contributed by atoms with van der Waals surface area (Å²) in [5.74, 6) is 1.79. The number of morpholine rings is 1. The number of unbranched alkanes of at least 4 members (excludes halogenated alkanes) is 4. The fourth-order valence-electron chi connectivity index (χ4n) is 3.36. The van der Waals surface area contributed by atoms with Crippen molar-refractivity contribution in [1.29, 1.82) is 0 Å². The van der Waals surface area contributed by atoms with Gasteiger partial charge in [-0.1, -0.05) is 49.6 Å². The van der Waals surface area contributed by atoms with Crippen molar-refractivity contribution in [2.75, 3.05) is 39.5 Å². The molecule has 0 atom stereocenters. The summed E-state index contributed by atoms with van der Waals surface area (Å²) >= 11 is 0. The Morgan fingerprint density at radius 2 is 1.34 bits per heavy atom. The molecule has 0 saturated carbocycles. The molecule has 0 unspecified atom stereocenters. The lowest BCUT2D eigenvalue weighted by molar-refractivity contribution is 0.0371. The summed E-state index contributed by atoms with van der Waals surface area (Å²) in [6.07, 6.45) is 6.25.